The Morgan fingerprint density at radius 1 is 1.06 bits per heavy atom. The van der Waals surface area contributed by atoms with E-state index >= 15 is 0 Å². The first-order chi connectivity index (χ1) is 15.2. The van der Waals surface area contributed by atoms with E-state index in [2.05, 4.69) is 4.90 Å². The number of ether oxygens (including phenoxy) is 2. The van der Waals surface area contributed by atoms with Gasteiger partial charge in [0.2, 0.25) is 10.0 Å². The maximum absolute atomic E-state index is 12.8. The van der Waals surface area contributed by atoms with Crippen LogP contribution >= 0.6 is 23.2 Å². The van der Waals surface area contributed by atoms with Gasteiger partial charge in [-0.05, 0) is 38.5 Å². The van der Waals surface area contributed by atoms with E-state index in [0.29, 0.717) is 55.0 Å². The average molecular weight is 499 g/mol. The standard InChI is InChI=1S/C23H28Cl2N2O4S/c1-23(2)16-17-6-3-9-20(22(17)31-23)30-14-5-15-32(28,29)27-12-10-26(11-13-27)19-8-4-7-18(24)21(19)25/h3-4,6-9H,5,10-16H2,1-2H3. The molecule has 0 aromatic heterocycles. The number of benzene rings is 2. The number of piperazine rings is 1. The molecule has 2 aliphatic heterocycles. The van der Waals surface area contributed by atoms with Crippen molar-refractivity contribution < 1.29 is 17.9 Å². The second kappa shape index (κ2) is 9.29. The van der Waals surface area contributed by atoms with Crippen LogP contribution in [-0.4, -0.2) is 56.9 Å². The minimum absolute atomic E-state index is 0.0479. The maximum atomic E-state index is 12.8. The van der Waals surface area contributed by atoms with Gasteiger partial charge in [-0.15, -0.1) is 0 Å². The molecule has 0 bridgehead atoms. The highest BCUT2D eigenvalue weighted by atomic mass is 35.5. The molecule has 0 atom stereocenters. The first-order valence-electron chi connectivity index (χ1n) is 10.8. The Hall–Kier alpha value is -1.67. The maximum Gasteiger partial charge on any atom is 0.214 e. The molecule has 32 heavy (non-hydrogen) atoms. The normalized spacial score (nSPS) is 18.3. The molecule has 4 rings (SSSR count). The predicted molar refractivity (Wildman–Crippen MR) is 129 cm³/mol. The van der Waals surface area contributed by atoms with E-state index in [-0.39, 0.29) is 11.4 Å². The molecule has 2 heterocycles. The predicted octanol–water partition coefficient (Wildman–Crippen LogP) is 4.63. The van der Waals surface area contributed by atoms with Gasteiger partial charge in [-0.3, -0.25) is 0 Å². The number of rotatable bonds is 7. The molecular formula is C23H28Cl2N2O4S. The molecule has 0 N–H and O–H groups in total. The molecule has 174 valence electrons. The van der Waals surface area contributed by atoms with Gasteiger partial charge in [0.15, 0.2) is 11.5 Å². The van der Waals surface area contributed by atoms with Crippen molar-refractivity contribution in [2.75, 3.05) is 43.4 Å². The Morgan fingerprint density at radius 3 is 2.53 bits per heavy atom. The molecule has 0 amide bonds. The number of halogens is 2. The zero-order chi connectivity index (χ0) is 22.9. The summed E-state index contributed by atoms with van der Waals surface area (Å²) in [4.78, 5) is 2.07. The fraction of sp³-hybridized carbons (Fsp3) is 0.478. The van der Waals surface area contributed by atoms with E-state index < -0.39 is 10.0 Å². The largest absolute Gasteiger partial charge is 0.490 e. The molecule has 1 saturated heterocycles. The fourth-order valence-electron chi connectivity index (χ4n) is 4.20. The zero-order valence-electron chi connectivity index (χ0n) is 18.3. The van der Waals surface area contributed by atoms with Gasteiger partial charge in [-0.25, -0.2) is 8.42 Å². The second-order valence-electron chi connectivity index (χ2n) is 8.76. The number of fused-ring (bicyclic) bond motifs is 1. The molecule has 0 radical (unpaired) electrons. The minimum Gasteiger partial charge on any atom is -0.490 e. The molecule has 2 aliphatic rings. The molecule has 0 aliphatic carbocycles. The van der Waals surface area contributed by atoms with Crippen LogP contribution in [0.25, 0.3) is 0 Å². The summed E-state index contributed by atoms with van der Waals surface area (Å²) in [6.45, 7) is 6.38. The lowest BCUT2D eigenvalue weighted by Gasteiger charge is -2.35. The Bertz CT molecular complexity index is 1080. The van der Waals surface area contributed by atoms with Crippen molar-refractivity contribution in [2.24, 2.45) is 0 Å². The van der Waals surface area contributed by atoms with Crippen LogP contribution < -0.4 is 14.4 Å². The van der Waals surface area contributed by atoms with Gasteiger partial charge in [-0.1, -0.05) is 41.4 Å². The van der Waals surface area contributed by atoms with E-state index in [4.69, 9.17) is 32.7 Å². The van der Waals surface area contributed by atoms with Crippen LogP contribution in [0.4, 0.5) is 5.69 Å². The molecular weight excluding hydrogens is 471 g/mol. The lowest BCUT2D eigenvalue weighted by Crippen LogP contribution is -2.49. The molecule has 2 aromatic rings. The molecule has 0 saturated carbocycles. The summed E-state index contributed by atoms with van der Waals surface area (Å²) in [5.74, 6) is 1.50. The van der Waals surface area contributed by atoms with Crippen LogP contribution in [0.3, 0.4) is 0 Å². The minimum atomic E-state index is -3.36. The third-order valence-corrected chi connectivity index (χ3v) is 8.53. The van der Waals surface area contributed by atoms with Crippen LogP contribution in [0.1, 0.15) is 25.8 Å². The summed E-state index contributed by atoms with van der Waals surface area (Å²) in [5, 5.41) is 1.000. The summed E-state index contributed by atoms with van der Waals surface area (Å²) >= 11 is 12.4. The van der Waals surface area contributed by atoms with E-state index in [1.807, 2.05) is 44.2 Å². The topological polar surface area (TPSA) is 59.1 Å². The van der Waals surface area contributed by atoms with Gasteiger partial charge in [-0.2, -0.15) is 4.31 Å². The van der Waals surface area contributed by atoms with Crippen molar-refractivity contribution in [1.82, 2.24) is 4.31 Å². The smallest absolute Gasteiger partial charge is 0.214 e. The molecule has 2 aromatic carbocycles. The quantitative estimate of drug-likeness (QED) is 0.520. The van der Waals surface area contributed by atoms with Crippen molar-refractivity contribution in [2.45, 2.75) is 32.3 Å². The summed E-state index contributed by atoms with van der Waals surface area (Å²) in [5.41, 5.74) is 1.71. The summed E-state index contributed by atoms with van der Waals surface area (Å²) in [7, 11) is -3.36. The Labute approximate surface area is 200 Å². The van der Waals surface area contributed by atoms with Crippen LogP contribution in [0.15, 0.2) is 36.4 Å². The highest BCUT2D eigenvalue weighted by Crippen LogP contribution is 2.41. The monoisotopic (exact) mass is 498 g/mol. The summed E-state index contributed by atoms with van der Waals surface area (Å²) in [6.07, 6.45) is 1.25. The summed E-state index contributed by atoms with van der Waals surface area (Å²) < 4.78 is 39.1. The van der Waals surface area contributed by atoms with Crippen molar-refractivity contribution >= 4 is 38.9 Å². The van der Waals surface area contributed by atoms with Gasteiger partial charge in [0.1, 0.15) is 5.60 Å². The SMILES string of the molecule is CC1(C)Cc2cccc(OCCCS(=O)(=O)N3CCN(c4cccc(Cl)c4Cl)CC3)c2O1. The zero-order valence-corrected chi connectivity index (χ0v) is 20.6. The average Bonchev–Trinajstić information content (AvgIpc) is 3.08. The molecule has 9 heteroatoms. The first kappa shape index (κ1) is 23.5. The third-order valence-electron chi connectivity index (χ3n) is 5.76. The summed E-state index contributed by atoms with van der Waals surface area (Å²) in [6, 6.07) is 11.3. The molecule has 0 unspecified atom stereocenters. The van der Waals surface area contributed by atoms with Crippen LogP contribution in [0, 0.1) is 0 Å². The van der Waals surface area contributed by atoms with Crippen LogP contribution in [-0.2, 0) is 16.4 Å². The molecule has 6 nitrogen and oxygen atoms in total. The van der Waals surface area contributed by atoms with E-state index in [1.54, 1.807) is 10.4 Å². The van der Waals surface area contributed by atoms with Gasteiger partial charge in [0.05, 0.1) is 28.1 Å². The lowest BCUT2D eigenvalue weighted by molar-refractivity contribution is 0.132. The Morgan fingerprint density at radius 2 is 1.78 bits per heavy atom. The van der Waals surface area contributed by atoms with Crippen molar-refractivity contribution in [3.63, 3.8) is 0 Å². The number of sulfonamides is 1. The van der Waals surface area contributed by atoms with Crippen LogP contribution in [0.5, 0.6) is 11.5 Å². The Balaban J connectivity index is 1.27. The first-order valence-corrected chi connectivity index (χ1v) is 13.1. The van der Waals surface area contributed by atoms with Gasteiger partial charge in [0.25, 0.3) is 0 Å². The number of hydrogen-bond acceptors (Lipinski definition) is 5. The number of hydrogen-bond donors (Lipinski definition) is 0. The second-order valence-corrected chi connectivity index (χ2v) is 11.6. The van der Waals surface area contributed by atoms with Crippen molar-refractivity contribution in [3.05, 3.63) is 52.0 Å². The van der Waals surface area contributed by atoms with Crippen molar-refractivity contribution in [1.29, 1.82) is 0 Å². The Kier molecular flexibility index (Phi) is 6.82. The fourth-order valence-corrected chi connectivity index (χ4v) is 6.07. The van der Waals surface area contributed by atoms with Gasteiger partial charge < -0.3 is 14.4 Å². The number of nitrogens with zero attached hydrogens (tertiary/aromatic N) is 2. The van der Waals surface area contributed by atoms with E-state index in [9.17, 15) is 8.42 Å². The highest BCUT2D eigenvalue weighted by molar-refractivity contribution is 7.89. The van der Waals surface area contributed by atoms with Gasteiger partial charge in [0, 0.05) is 38.2 Å². The molecule has 0 spiro atoms. The highest BCUT2D eigenvalue weighted by Gasteiger charge is 2.32. The third kappa shape index (κ3) is 5.11. The van der Waals surface area contributed by atoms with Crippen molar-refractivity contribution in [3.8, 4) is 11.5 Å². The molecule has 1 fully saturated rings. The van der Waals surface area contributed by atoms with Crippen LogP contribution in [0.2, 0.25) is 10.0 Å². The number of para-hydroxylation sites is 1. The lowest BCUT2D eigenvalue weighted by atomic mass is 10.0. The van der Waals surface area contributed by atoms with Gasteiger partial charge >= 0.3 is 0 Å². The van der Waals surface area contributed by atoms with E-state index in [0.717, 1.165) is 23.4 Å². The van der Waals surface area contributed by atoms with E-state index in [1.165, 1.54) is 0 Å². The number of anilines is 1.